The molecule has 2 aromatic rings. The number of carbonyl (C=O) groups is 1. The molecule has 112 valence electrons. The third-order valence-corrected chi connectivity index (χ3v) is 3.41. The van der Waals surface area contributed by atoms with Crippen LogP contribution in [0.2, 0.25) is 5.02 Å². The van der Waals surface area contributed by atoms with Crippen LogP contribution in [0.4, 0.5) is 4.39 Å². The van der Waals surface area contributed by atoms with Gasteiger partial charge in [-0.3, -0.25) is 4.68 Å². The van der Waals surface area contributed by atoms with Gasteiger partial charge in [0.1, 0.15) is 17.1 Å². The summed E-state index contributed by atoms with van der Waals surface area (Å²) in [7, 11) is 0. The number of carboxylic acid groups (broad SMARTS) is 1. The van der Waals surface area contributed by atoms with E-state index in [0.717, 1.165) is 6.42 Å². The van der Waals surface area contributed by atoms with Crippen molar-refractivity contribution in [2.24, 2.45) is 5.92 Å². The van der Waals surface area contributed by atoms with Crippen LogP contribution in [-0.2, 0) is 6.54 Å². The molecule has 4 nitrogen and oxygen atoms in total. The summed E-state index contributed by atoms with van der Waals surface area (Å²) in [5.41, 5.74) is 0.872. The van der Waals surface area contributed by atoms with Gasteiger partial charge in [0.15, 0.2) is 0 Å². The number of halogens is 2. The van der Waals surface area contributed by atoms with Gasteiger partial charge in [-0.05, 0) is 30.5 Å². The molecule has 1 aromatic carbocycles. The molecule has 21 heavy (non-hydrogen) atoms. The number of hydrogen-bond donors (Lipinski definition) is 1. The average molecular weight is 311 g/mol. The Kier molecular flexibility index (Phi) is 4.63. The fourth-order valence-corrected chi connectivity index (χ4v) is 2.12. The Morgan fingerprint density at radius 3 is 2.76 bits per heavy atom. The summed E-state index contributed by atoms with van der Waals surface area (Å²) >= 11 is 5.75. The molecule has 0 unspecified atom stereocenters. The second-order valence-electron chi connectivity index (χ2n) is 5.27. The van der Waals surface area contributed by atoms with Crippen molar-refractivity contribution in [3.63, 3.8) is 0 Å². The topological polar surface area (TPSA) is 55.1 Å². The SMILES string of the molecule is CC(C)CCn1cc(C(=O)O)c(-c2ccc(F)c(Cl)c2)n1. The van der Waals surface area contributed by atoms with Crippen molar-refractivity contribution in [3.8, 4) is 11.3 Å². The number of benzene rings is 1. The summed E-state index contributed by atoms with van der Waals surface area (Å²) < 4.78 is 14.8. The highest BCUT2D eigenvalue weighted by Crippen LogP contribution is 2.26. The van der Waals surface area contributed by atoms with Crippen molar-refractivity contribution in [2.45, 2.75) is 26.8 Å². The van der Waals surface area contributed by atoms with Gasteiger partial charge in [0, 0.05) is 18.3 Å². The molecule has 2 rings (SSSR count). The van der Waals surface area contributed by atoms with Crippen LogP contribution in [0.15, 0.2) is 24.4 Å². The van der Waals surface area contributed by atoms with Crippen molar-refractivity contribution >= 4 is 17.6 Å². The first kappa shape index (κ1) is 15.5. The smallest absolute Gasteiger partial charge is 0.339 e. The van der Waals surface area contributed by atoms with Crippen LogP contribution < -0.4 is 0 Å². The lowest BCUT2D eigenvalue weighted by atomic mass is 10.1. The lowest BCUT2D eigenvalue weighted by Gasteiger charge is -2.04. The largest absolute Gasteiger partial charge is 0.478 e. The van der Waals surface area contributed by atoms with E-state index in [1.165, 1.54) is 24.4 Å². The zero-order valence-electron chi connectivity index (χ0n) is 11.8. The first-order chi connectivity index (χ1) is 9.88. The first-order valence-electron chi connectivity index (χ1n) is 6.64. The molecule has 0 bridgehead atoms. The Hall–Kier alpha value is -1.88. The van der Waals surface area contributed by atoms with Crippen LogP contribution in [0.3, 0.4) is 0 Å². The monoisotopic (exact) mass is 310 g/mol. The maximum Gasteiger partial charge on any atom is 0.339 e. The Morgan fingerprint density at radius 2 is 2.19 bits per heavy atom. The molecule has 0 radical (unpaired) electrons. The molecule has 1 aromatic heterocycles. The van der Waals surface area contributed by atoms with Gasteiger partial charge in [-0.1, -0.05) is 25.4 Å². The van der Waals surface area contributed by atoms with Gasteiger partial charge in [-0.15, -0.1) is 0 Å². The van der Waals surface area contributed by atoms with Gasteiger partial charge in [0.2, 0.25) is 0 Å². The van der Waals surface area contributed by atoms with E-state index in [2.05, 4.69) is 18.9 Å². The Bertz CT molecular complexity index is 668. The molecule has 0 saturated carbocycles. The van der Waals surface area contributed by atoms with Crippen molar-refractivity contribution in [1.29, 1.82) is 0 Å². The molecule has 0 aliphatic heterocycles. The summed E-state index contributed by atoms with van der Waals surface area (Å²) in [5, 5.41) is 13.5. The van der Waals surface area contributed by atoms with Crippen molar-refractivity contribution in [1.82, 2.24) is 9.78 Å². The number of aromatic nitrogens is 2. The van der Waals surface area contributed by atoms with E-state index in [-0.39, 0.29) is 10.6 Å². The molecule has 0 spiro atoms. The normalized spacial score (nSPS) is 11.1. The van der Waals surface area contributed by atoms with Crippen molar-refractivity contribution < 1.29 is 14.3 Å². The number of aromatic carboxylic acids is 1. The van der Waals surface area contributed by atoms with Crippen LogP contribution >= 0.6 is 11.6 Å². The highest BCUT2D eigenvalue weighted by molar-refractivity contribution is 6.31. The van der Waals surface area contributed by atoms with Gasteiger partial charge in [-0.25, -0.2) is 9.18 Å². The lowest BCUT2D eigenvalue weighted by molar-refractivity contribution is 0.0697. The fourth-order valence-electron chi connectivity index (χ4n) is 1.94. The summed E-state index contributed by atoms with van der Waals surface area (Å²) in [5.74, 6) is -1.12. The van der Waals surface area contributed by atoms with Gasteiger partial charge >= 0.3 is 5.97 Å². The summed E-state index contributed by atoms with van der Waals surface area (Å²) in [6, 6.07) is 4.07. The zero-order chi connectivity index (χ0) is 15.6. The Labute approximate surface area is 127 Å². The molecular weight excluding hydrogens is 295 g/mol. The predicted octanol–water partition coefficient (Wildman–Crippen LogP) is 4.09. The van der Waals surface area contributed by atoms with E-state index >= 15 is 0 Å². The minimum atomic E-state index is -1.07. The van der Waals surface area contributed by atoms with E-state index in [1.54, 1.807) is 4.68 Å². The molecular formula is C15H16ClFN2O2. The van der Waals surface area contributed by atoms with Crippen LogP contribution in [-0.4, -0.2) is 20.9 Å². The lowest BCUT2D eigenvalue weighted by Crippen LogP contribution is -2.02. The number of nitrogens with zero attached hydrogens (tertiary/aromatic N) is 2. The van der Waals surface area contributed by atoms with Gasteiger partial charge in [-0.2, -0.15) is 5.10 Å². The minimum Gasteiger partial charge on any atom is -0.478 e. The van der Waals surface area contributed by atoms with Gasteiger partial charge in [0.25, 0.3) is 0 Å². The van der Waals surface area contributed by atoms with Crippen LogP contribution in [0.1, 0.15) is 30.6 Å². The molecule has 0 atom stereocenters. The zero-order valence-corrected chi connectivity index (χ0v) is 12.6. The number of carboxylic acids is 1. The fraction of sp³-hybridized carbons (Fsp3) is 0.333. The summed E-state index contributed by atoms with van der Waals surface area (Å²) in [4.78, 5) is 11.3. The number of aryl methyl sites for hydroxylation is 1. The molecule has 0 aliphatic carbocycles. The molecule has 0 saturated heterocycles. The molecule has 1 N–H and O–H groups in total. The van der Waals surface area contributed by atoms with Gasteiger partial charge < -0.3 is 5.11 Å². The molecule has 0 aliphatic rings. The molecule has 0 amide bonds. The summed E-state index contributed by atoms with van der Waals surface area (Å²) in [6.45, 7) is 4.80. The van der Waals surface area contributed by atoms with Gasteiger partial charge in [0.05, 0.1) is 5.02 Å². The first-order valence-corrected chi connectivity index (χ1v) is 7.02. The van der Waals surface area contributed by atoms with E-state index in [0.29, 0.717) is 23.7 Å². The minimum absolute atomic E-state index is 0.0550. The summed E-state index contributed by atoms with van der Waals surface area (Å²) in [6.07, 6.45) is 2.39. The maximum atomic E-state index is 13.2. The van der Waals surface area contributed by atoms with Crippen LogP contribution in [0.25, 0.3) is 11.3 Å². The van der Waals surface area contributed by atoms with Crippen molar-refractivity contribution in [2.75, 3.05) is 0 Å². The Balaban J connectivity index is 2.41. The highest BCUT2D eigenvalue weighted by atomic mass is 35.5. The third-order valence-electron chi connectivity index (χ3n) is 3.12. The van der Waals surface area contributed by atoms with E-state index in [9.17, 15) is 14.3 Å². The quantitative estimate of drug-likeness (QED) is 0.905. The molecule has 6 heteroatoms. The maximum absolute atomic E-state index is 13.2. The van der Waals surface area contributed by atoms with Crippen LogP contribution in [0.5, 0.6) is 0 Å². The average Bonchev–Trinajstić information content (AvgIpc) is 2.84. The van der Waals surface area contributed by atoms with E-state index < -0.39 is 11.8 Å². The standard InChI is InChI=1S/C15H16ClFN2O2/c1-9(2)5-6-19-8-11(15(20)21)14(18-19)10-3-4-13(17)12(16)7-10/h3-4,7-9H,5-6H2,1-2H3,(H,20,21). The predicted molar refractivity (Wildman–Crippen MR) is 79.0 cm³/mol. The van der Waals surface area contributed by atoms with Crippen LogP contribution in [0, 0.1) is 11.7 Å². The second kappa shape index (κ2) is 6.26. The van der Waals surface area contributed by atoms with E-state index in [1.807, 2.05) is 0 Å². The second-order valence-corrected chi connectivity index (χ2v) is 5.68. The van der Waals surface area contributed by atoms with E-state index in [4.69, 9.17) is 11.6 Å². The molecule has 0 fully saturated rings. The highest BCUT2D eigenvalue weighted by Gasteiger charge is 2.18. The third kappa shape index (κ3) is 3.61. The Morgan fingerprint density at radius 1 is 1.48 bits per heavy atom. The molecule has 1 heterocycles. The number of hydrogen-bond acceptors (Lipinski definition) is 2. The van der Waals surface area contributed by atoms with Crippen molar-refractivity contribution in [3.05, 3.63) is 40.8 Å². The number of rotatable bonds is 5.